The van der Waals surface area contributed by atoms with Gasteiger partial charge in [0.1, 0.15) is 0 Å². The Morgan fingerprint density at radius 1 is 0.875 bits per heavy atom. The van der Waals surface area contributed by atoms with Gasteiger partial charge in [0.25, 0.3) is 5.91 Å². The fourth-order valence-corrected chi connectivity index (χ4v) is 4.27. The molecule has 0 spiro atoms. The molecule has 2 heterocycles. The summed E-state index contributed by atoms with van der Waals surface area (Å²) in [4.78, 5) is 20.0. The topological polar surface area (TPSA) is 45.2 Å². The predicted octanol–water partition coefficient (Wildman–Crippen LogP) is 6.06. The van der Waals surface area contributed by atoms with E-state index in [1.807, 2.05) is 42.5 Å². The minimum atomic E-state index is -0.113. The van der Waals surface area contributed by atoms with Gasteiger partial charge in [0.15, 0.2) is 0 Å². The molecule has 1 N–H and O–H groups in total. The summed E-state index contributed by atoms with van der Waals surface area (Å²) in [5.74, 6) is -0.113. The van der Waals surface area contributed by atoms with Gasteiger partial charge in [0.2, 0.25) is 0 Å². The van der Waals surface area contributed by atoms with Gasteiger partial charge in [-0.1, -0.05) is 48.0 Å². The van der Waals surface area contributed by atoms with E-state index in [0.29, 0.717) is 5.56 Å². The van der Waals surface area contributed by atoms with Crippen molar-refractivity contribution in [2.24, 2.45) is 0 Å². The van der Waals surface area contributed by atoms with E-state index in [0.717, 1.165) is 53.0 Å². The third-order valence-electron chi connectivity index (χ3n) is 6.12. The second kappa shape index (κ2) is 8.93. The maximum atomic E-state index is 12.8. The van der Waals surface area contributed by atoms with E-state index in [-0.39, 0.29) is 5.91 Å². The zero-order valence-electron chi connectivity index (χ0n) is 18.3. The van der Waals surface area contributed by atoms with Crippen molar-refractivity contribution < 1.29 is 4.79 Å². The van der Waals surface area contributed by atoms with Gasteiger partial charge in [0, 0.05) is 23.2 Å². The predicted molar refractivity (Wildman–Crippen MR) is 131 cm³/mol. The fourth-order valence-electron chi connectivity index (χ4n) is 4.27. The molecule has 3 aromatic carbocycles. The Hall–Kier alpha value is -3.50. The van der Waals surface area contributed by atoms with Crippen molar-refractivity contribution in [1.29, 1.82) is 0 Å². The number of hydrogen-bond donors (Lipinski definition) is 1. The van der Waals surface area contributed by atoms with Crippen LogP contribution in [0.4, 0.5) is 5.69 Å². The molecule has 160 valence electrons. The summed E-state index contributed by atoms with van der Waals surface area (Å²) in [5.41, 5.74) is 6.96. The van der Waals surface area contributed by atoms with Gasteiger partial charge in [-0.15, -0.1) is 0 Å². The highest BCUT2D eigenvalue weighted by Gasteiger charge is 2.13. The molecule has 32 heavy (non-hydrogen) atoms. The molecule has 0 unspecified atom stereocenters. The number of benzene rings is 3. The number of anilines is 1. The van der Waals surface area contributed by atoms with E-state index in [1.54, 1.807) is 0 Å². The van der Waals surface area contributed by atoms with Crippen LogP contribution in [0.25, 0.3) is 22.0 Å². The number of nitrogens with zero attached hydrogens (tertiary/aromatic N) is 2. The number of aromatic nitrogens is 1. The smallest absolute Gasteiger partial charge is 0.255 e. The molecule has 1 aliphatic rings. The summed E-state index contributed by atoms with van der Waals surface area (Å²) in [6, 6.07) is 26.2. The number of amides is 1. The summed E-state index contributed by atoms with van der Waals surface area (Å²) >= 11 is 0. The Morgan fingerprint density at radius 2 is 1.56 bits per heavy atom. The van der Waals surface area contributed by atoms with Crippen LogP contribution in [-0.4, -0.2) is 28.9 Å². The highest BCUT2D eigenvalue weighted by Crippen LogP contribution is 2.22. The average Bonchev–Trinajstić information content (AvgIpc) is 3.33. The molecule has 1 saturated heterocycles. The molecule has 0 radical (unpaired) electrons. The first kappa shape index (κ1) is 20.4. The first-order valence-electron chi connectivity index (χ1n) is 11.2. The summed E-state index contributed by atoms with van der Waals surface area (Å²) in [7, 11) is 0. The number of carbonyl (C=O) groups is 1. The molecule has 1 aliphatic heterocycles. The molecule has 0 bridgehead atoms. The van der Waals surface area contributed by atoms with Gasteiger partial charge < -0.3 is 5.32 Å². The summed E-state index contributed by atoms with van der Waals surface area (Å²) < 4.78 is 0. The van der Waals surface area contributed by atoms with Crippen molar-refractivity contribution in [3.8, 4) is 11.1 Å². The Balaban J connectivity index is 1.28. The summed E-state index contributed by atoms with van der Waals surface area (Å²) in [6.07, 6.45) is 2.57. The number of aryl methyl sites for hydroxylation is 1. The van der Waals surface area contributed by atoms with Crippen LogP contribution < -0.4 is 5.32 Å². The second-order valence-corrected chi connectivity index (χ2v) is 8.59. The van der Waals surface area contributed by atoms with Gasteiger partial charge in [-0.2, -0.15) is 0 Å². The third kappa shape index (κ3) is 4.56. The maximum absolute atomic E-state index is 12.8. The Labute approximate surface area is 188 Å². The van der Waals surface area contributed by atoms with Crippen LogP contribution >= 0.6 is 0 Å². The fraction of sp³-hybridized carbons (Fsp3) is 0.214. The molecular weight excluding hydrogens is 394 g/mol. The normalized spacial score (nSPS) is 14.0. The molecule has 4 nitrogen and oxygen atoms in total. The molecule has 4 aromatic rings. The molecular formula is C28H27N3O. The lowest BCUT2D eigenvalue weighted by Gasteiger charge is -2.14. The monoisotopic (exact) mass is 421 g/mol. The minimum Gasteiger partial charge on any atom is -0.322 e. The first-order valence-corrected chi connectivity index (χ1v) is 11.2. The van der Waals surface area contributed by atoms with Crippen molar-refractivity contribution in [3.63, 3.8) is 0 Å². The average molecular weight is 422 g/mol. The molecule has 1 amide bonds. The number of hydrogen-bond acceptors (Lipinski definition) is 3. The summed E-state index contributed by atoms with van der Waals surface area (Å²) in [6.45, 7) is 5.31. The lowest BCUT2D eigenvalue weighted by atomic mass is 10.0. The number of fused-ring (bicyclic) bond motifs is 1. The van der Waals surface area contributed by atoms with Crippen LogP contribution in [0.2, 0.25) is 0 Å². The van der Waals surface area contributed by atoms with E-state index < -0.39 is 0 Å². The van der Waals surface area contributed by atoms with Crippen molar-refractivity contribution in [1.82, 2.24) is 9.88 Å². The highest BCUT2D eigenvalue weighted by atomic mass is 16.1. The van der Waals surface area contributed by atoms with Crippen LogP contribution in [0.15, 0.2) is 78.9 Å². The third-order valence-corrected chi connectivity index (χ3v) is 6.12. The molecule has 1 fully saturated rings. The van der Waals surface area contributed by atoms with Crippen molar-refractivity contribution >= 4 is 22.5 Å². The van der Waals surface area contributed by atoms with Gasteiger partial charge in [-0.25, -0.2) is 0 Å². The molecule has 5 rings (SSSR count). The number of likely N-dealkylation sites (tertiary alicyclic amines) is 1. The van der Waals surface area contributed by atoms with Crippen LogP contribution in [0.1, 0.15) is 34.5 Å². The maximum Gasteiger partial charge on any atom is 0.255 e. The van der Waals surface area contributed by atoms with Gasteiger partial charge >= 0.3 is 0 Å². The number of rotatable bonds is 5. The molecule has 0 aliphatic carbocycles. The van der Waals surface area contributed by atoms with Gasteiger partial charge in [-0.05, 0) is 80.4 Å². The van der Waals surface area contributed by atoms with Crippen LogP contribution in [-0.2, 0) is 6.54 Å². The Bertz CT molecular complexity index is 1240. The van der Waals surface area contributed by atoms with Crippen LogP contribution in [0.3, 0.4) is 0 Å². The first-order chi connectivity index (χ1) is 15.6. The van der Waals surface area contributed by atoms with E-state index in [2.05, 4.69) is 53.5 Å². The van der Waals surface area contributed by atoms with Crippen LogP contribution in [0.5, 0.6) is 0 Å². The molecule has 4 heteroatoms. The van der Waals surface area contributed by atoms with Gasteiger partial charge in [-0.3, -0.25) is 14.7 Å². The van der Waals surface area contributed by atoms with Crippen molar-refractivity contribution in [2.75, 3.05) is 18.4 Å². The highest BCUT2D eigenvalue weighted by molar-refractivity contribution is 6.05. The number of carbonyl (C=O) groups excluding carboxylic acids is 1. The quantitative estimate of drug-likeness (QED) is 0.426. The zero-order valence-corrected chi connectivity index (χ0v) is 18.3. The lowest BCUT2D eigenvalue weighted by molar-refractivity contribution is 0.102. The Morgan fingerprint density at radius 3 is 2.28 bits per heavy atom. The zero-order chi connectivity index (χ0) is 21.9. The van der Waals surface area contributed by atoms with E-state index in [4.69, 9.17) is 4.98 Å². The number of nitrogens with one attached hydrogen (secondary N) is 1. The number of pyridine rings is 1. The van der Waals surface area contributed by atoms with Gasteiger partial charge in [0.05, 0.1) is 11.2 Å². The molecule has 0 saturated carbocycles. The molecule has 0 atom stereocenters. The van der Waals surface area contributed by atoms with Crippen molar-refractivity contribution in [2.45, 2.75) is 26.3 Å². The minimum absolute atomic E-state index is 0.113. The SMILES string of the molecule is Cc1ccc(-c2ccc(C(=O)Nc3ccc4nc(CN5CCCC5)ccc4c3)cc2)cc1. The largest absolute Gasteiger partial charge is 0.322 e. The Kier molecular flexibility index (Phi) is 5.70. The second-order valence-electron chi connectivity index (χ2n) is 8.59. The molecule has 1 aromatic heterocycles. The summed E-state index contributed by atoms with van der Waals surface area (Å²) in [5, 5.41) is 4.05. The lowest BCUT2D eigenvalue weighted by Crippen LogP contribution is -2.19. The van der Waals surface area contributed by atoms with Crippen molar-refractivity contribution in [3.05, 3.63) is 95.7 Å². The van der Waals surface area contributed by atoms with E-state index in [9.17, 15) is 4.79 Å². The van der Waals surface area contributed by atoms with Crippen LogP contribution in [0, 0.1) is 6.92 Å². The van der Waals surface area contributed by atoms with E-state index >= 15 is 0 Å². The van der Waals surface area contributed by atoms with E-state index in [1.165, 1.54) is 18.4 Å². The standard InChI is InChI=1S/C28H27N3O/c1-20-4-6-21(7-5-20)22-8-10-23(11-9-22)28(32)30-25-14-15-27-24(18-25)12-13-26(29-27)19-31-16-2-3-17-31/h4-15,18H,2-3,16-17,19H2,1H3,(H,30,32).